The maximum Gasteiger partial charge on any atom is 0.351 e. The van der Waals surface area contributed by atoms with E-state index in [0.717, 1.165) is 23.1 Å². The van der Waals surface area contributed by atoms with Gasteiger partial charge in [-0.15, -0.1) is 0 Å². The zero-order valence-corrected chi connectivity index (χ0v) is 24.7. The fraction of sp³-hybridized carbons (Fsp3) is 0.423. The minimum Gasteiger partial charge on any atom is -0.462 e. The maximum absolute atomic E-state index is 16.2. The number of ether oxygens (including phenoxy) is 2. The number of nitrogens with zero attached hydrogens (tertiary/aromatic N) is 2. The second kappa shape index (κ2) is 13.8. The Morgan fingerprint density at radius 1 is 1.20 bits per heavy atom. The van der Waals surface area contributed by atoms with Crippen LogP contribution in [0.1, 0.15) is 33.9 Å². The Balaban J connectivity index is 1.93. The molecule has 5 N–H and O–H groups in total. The van der Waals surface area contributed by atoms with Crippen molar-refractivity contribution < 1.29 is 37.9 Å². The number of halogens is 1. The van der Waals surface area contributed by atoms with E-state index in [2.05, 4.69) is 10.1 Å². The number of nitrogen functional groups attached to an aromatic ring is 1. The molecule has 0 saturated carbocycles. The van der Waals surface area contributed by atoms with Gasteiger partial charge >= 0.3 is 18.3 Å². The molecule has 224 valence electrons. The van der Waals surface area contributed by atoms with Crippen molar-refractivity contribution in [3.05, 3.63) is 65.2 Å². The summed E-state index contributed by atoms with van der Waals surface area (Å²) in [6, 6.07) is 12.8. The number of nitrogens with two attached hydrogens (primary N) is 1. The molecule has 1 heterocycles. The number of aliphatic hydroxyl groups is 2. The van der Waals surface area contributed by atoms with E-state index in [9.17, 15) is 19.8 Å². The van der Waals surface area contributed by atoms with Gasteiger partial charge in [-0.3, -0.25) is 9.36 Å². The first-order chi connectivity index (χ1) is 19.3. The van der Waals surface area contributed by atoms with Gasteiger partial charge in [0, 0.05) is 11.6 Å². The van der Waals surface area contributed by atoms with Crippen LogP contribution in [-0.2, 0) is 30.6 Å². The van der Waals surface area contributed by atoms with Crippen LogP contribution in [0.2, 0.25) is 0 Å². The first-order valence-corrected chi connectivity index (χ1v) is 15.3. The van der Waals surface area contributed by atoms with E-state index in [1.54, 1.807) is 38.1 Å². The van der Waals surface area contributed by atoms with Crippen molar-refractivity contribution in [3.63, 3.8) is 0 Å². The SMILES string of the molecule is CC(C)OC(=O)[C@H](C)NP(=S)(OC[C@@](F)(O[C@H](CO)n1ccc(N)nc1=O)[C@H](C)O)Oc1cccc2ccccc12. The molecule has 41 heavy (non-hydrogen) atoms. The number of alkyl halides is 1. The van der Waals surface area contributed by atoms with E-state index in [1.807, 2.05) is 18.2 Å². The number of rotatable bonds is 14. The number of aliphatic hydroxyl groups excluding tert-OH is 2. The summed E-state index contributed by atoms with van der Waals surface area (Å²) in [4.78, 5) is 28.4. The molecule has 3 aromatic rings. The highest BCUT2D eigenvalue weighted by atomic mass is 32.5. The molecular weight excluding hydrogens is 578 g/mol. The summed E-state index contributed by atoms with van der Waals surface area (Å²) in [5, 5.41) is 24.5. The molecule has 5 atom stereocenters. The highest BCUT2D eigenvalue weighted by molar-refractivity contribution is 8.09. The molecule has 0 aliphatic rings. The fourth-order valence-corrected chi connectivity index (χ4v) is 6.00. The smallest absolute Gasteiger partial charge is 0.351 e. The molecule has 1 unspecified atom stereocenters. The molecule has 0 bridgehead atoms. The number of hydrogen-bond acceptors (Lipinski definition) is 11. The van der Waals surface area contributed by atoms with Gasteiger partial charge in [-0.25, -0.2) is 14.3 Å². The van der Waals surface area contributed by atoms with Gasteiger partial charge in [-0.2, -0.15) is 4.98 Å². The second-order valence-corrected chi connectivity index (χ2v) is 12.6. The highest BCUT2D eigenvalue weighted by Gasteiger charge is 2.43. The van der Waals surface area contributed by atoms with Crippen molar-refractivity contribution in [1.29, 1.82) is 0 Å². The molecule has 2 aromatic carbocycles. The number of carbonyl (C=O) groups excluding carboxylic acids is 1. The van der Waals surface area contributed by atoms with E-state index < -0.39 is 61.8 Å². The van der Waals surface area contributed by atoms with Crippen molar-refractivity contribution >= 4 is 41.0 Å². The minimum absolute atomic E-state index is 0.0872. The third kappa shape index (κ3) is 8.52. The molecule has 1 aromatic heterocycles. The van der Waals surface area contributed by atoms with Crippen molar-refractivity contribution in [3.8, 4) is 5.75 Å². The van der Waals surface area contributed by atoms with Gasteiger partial charge in [-0.05, 0) is 57.0 Å². The number of anilines is 1. The summed E-state index contributed by atoms with van der Waals surface area (Å²) in [6.07, 6.45) is -2.69. The third-order valence-electron chi connectivity index (χ3n) is 5.73. The monoisotopic (exact) mass is 612 g/mol. The van der Waals surface area contributed by atoms with Crippen molar-refractivity contribution in [2.75, 3.05) is 18.9 Å². The van der Waals surface area contributed by atoms with Gasteiger partial charge in [-0.1, -0.05) is 36.4 Å². The van der Waals surface area contributed by atoms with Gasteiger partial charge in [0.05, 0.1) is 12.7 Å². The summed E-state index contributed by atoms with van der Waals surface area (Å²) in [7, 11) is 0. The molecule has 12 nitrogen and oxygen atoms in total. The summed E-state index contributed by atoms with van der Waals surface area (Å²) < 4.78 is 39.5. The number of benzene rings is 2. The molecule has 15 heteroatoms. The number of fused-ring (bicyclic) bond motifs is 1. The van der Waals surface area contributed by atoms with Gasteiger partial charge in [0.2, 0.25) is 0 Å². The summed E-state index contributed by atoms with van der Waals surface area (Å²) >= 11 is 5.70. The van der Waals surface area contributed by atoms with Gasteiger partial charge in [0.25, 0.3) is 5.85 Å². The molecular formula is C26H34FN4O8PS. The Labute approximate surface area is 241 Å². The lowest BCUT2D eigenvalue weighted by Crippen LogP contribution is -2.47. The van der Waals surface area contributed by atoms with Crippen LogP contribution in [0.25, 0.3) is 10.8 Å². The fourth-order valence-electron chi connectivity index (χ4n) is 3.60. The number of carbonyl (C=O) groups is 1. The second-order valence-electron chi connectivity index (χ2n) is 9.44. The Morgan fingerprint density at radius 3 is 2.51 bits per heavy atom. The number of aromatic nitrogens is 2. The van der Waals surface area contributed by atoms with Crippen LogP contribution < -0.4 is 21.0 Å². The summed E-state index contributed by atoms with van der Waals surface area (Å²) in [6.45, 7) is 0.278. The molecule has 0 fully saturated rings. The van der Waals surface area contributed by atoms with E-state index >= 15 is 4.39 Å². The standard InChI is InChI=1S/C26H34FN4O8PS/c1-16(2)37-24(34)17(3)30-40(41,39-21-11-7-9-19-8-5-6-10-20(19)21)36-15-26(27,18(4)33)38-23(14-32)31-13-12-22(28)29-25(31)35/h5-13,16-18,23,32-33H,14-15H2,1-4H3,(H,30,41)(H2,28,29,35)/t17-,18-,23+,26+,40?/m0/s1. The molecule has 0 spiro atoms. The average Bonchev–Trinajstić information content (AvgIpc) is 2.90. The number of nitrogens with one attached hydrogen (secondary N) is 1. The zero-order chi connectivity index (χ0) is 30.4. The van der Waals surface area contributed by atoms with Crippen LogP contribution >= 0.6 is 6.64 Å². The topological polar surface area (TPSA) is 167 Å². The van der Waals surface area contributed by atoms with Gasteiger partial charge in [0.15, 0.2) is 6.23 Å². The lowest BCUT2D eigenvalue weighted by Gasteiger charge is -2.34. The van der Waals surface area contributed by atoms with Crippen molar-refractivity contribution in [2.45, 2.75) is 58.0 Å². The molecule has 3 rings (SSSR count). The Bertz CT molecular complexity index is 1450. The van der Waals surface area contributed by atoms with E-state index in [4.69, 9.17) is 36.1 Å². The van der Waals surface area contributed by atoms with Gasteiger partial charge < -0.3 is 34.5 Å². The van der Waals surface area contributed by atoms with Crippen LogP contribution in [0.5, 0.6) is 5.75 Å². The predicted octanol–water partition coefficient (Wildman–Crippen LogP) is 2.78. The molecule has 0 saturated heterocycles. The zero-order valence-electron chi connectivity index (χ0n) is 23.0. The minimum atomic E-state index is -3.78. The van der Waals surface area contributed by atoms with Crippen molar-refractivity contribution in [2.24, 2.45) is 0 Å². The molecule has 0 radical (unpaired) electrons. The first kappa shape index (κ1) is 32.5. The van der Waals surface area contributed by atoms with E-state index in [1.165, 1.54) is 13.0 Å². The van der Waals surface area contributed by atoms with Gasteiger partial charge in [0.1, 0.15) is 30.3 Å². The van der Waals surface area contributed by atoms with Crippen LogP contribution in [-0.4, -0.2) is 63.1 Å². The normalized spacial score (nSPS) is 16.9. The predicted molar refractivity (Wildman–Crippen MR) is 154 cm³/mol. The van der Waals surface area contributed by atoms with Crippen LogP contribution in [0.15, 0.2) is 59.5 Å². The quantitative estimate of drug-likeness (QED) is 0.156. The van der Waals surface area contributed by atoms with Crippen LogP contribution in [0.3, 0.4) is 0 Å². The molecule has 0 amide bonds. The van der Waals surface area contributed by atoms with Crippen LogP contribution in [0, 0.1) is 0 Å². The largest absolute Gasteiger partial charge is 0.462 e. The Hall–Kier alpha value is -2.97. The summed E-state index contributed by atoms with van der Waals surface area (Å²) in [5.41, 5.74) is 4.59. The maximum atomic E-state index is 16.2. The molecule has 0 aliphatic carbocycles. The Kier molecular flexibility index (Phi) is 11.0. The third-order valence-corrected chi connectivity index (χ3v) is 8.20. The Morgan fingerprint density at radius 2 is 1.88 bits per heavy atom. The highest BCUT2D eigenvalue weighted by Crippen LogP contribution is 2.48. The number of hydrogen-bond donors (Lipinski definition) is 4. The average molecular weight is 613 g/mol. The number of esters is 1. The summed E-state index contributed by atoms with van der Waals surface area (Å²) in [5.74, 6) is -3.44. The van der Waals surface area contributed by atoms with Crippen LogP contribution in [0.4, 0.5) is 10.2 Å². The first-order valence-electron chi connectivity index (χ1n) is 12.7. The lowest BCUT2D eigenvalue weighted by molar-refractivity contribution is -0.263. The van der Waals surface area contributed by atoms with Crippen molar-refractivity contribution in [1.82, 2.24) is 14.6 Å². The lowest BCUT2D eigenvalue weighted by atomic mass is 10.1. The van der Waals surface area contributed by atoms with E-state index in [-0.39, 0.29) is 5.82 Å². The van der Waals surface area contributed by atoms with E-state index in [0.29, 0.717) is 11.1 Å². The molecule has 0 aliphatic heterocycles.